The molecule has 0 bridgehead atoms. The summed E-state index contributed by atoms with van der Waals surface area (Å²) >= 11 is 1.76. The fourth-order valence-corrected chi connectivity index (χ4v) is 2.76. The van der Waals surface area contributed by atoms with Crippen LogP contribution in [-0.4, -0.2) is 35.9 Å². The van der Waals surface area contributed by atoms with E-state index in [-0.39, 0.29) is 11.8 Å². The normalized spacial score (nSPS) is 17.4. The molecule has 2 amide bonds. The van der Waals surface area contributed by atoms with E-state index in [1.165, 1.54) is 0 Å². The van der Waals surface area contributed by atoms with Crippen molar-refractivity contribution in [3.8, 4) is 0 Å². The Morgan fingerprint density at radius 1 is 1.25 bits per heavy atom. The monoisotopic (exact) mass is 292 g/mol. The van der Waals surface area contributed by atoms with Crippen molar-refractivity contribution in [3.63, 3.8) is 0 Å². The van der Waals surface area contributed by atoms with Crippen molar-refractivity contribution in [3.05, 3.63) is 29.8 Å². The van der Waals surface area contributed by atoms with Gasteiger partial charge in [0.2, 0.25) is 0 Å². The topological polar surface area (TPSA) is 49.4 Å². The van der Waals surface area contributed by atoms with Gasteiger partial charge in [0, 0.05) is 6.54 Å². The number of carbonyl (C=O) groups excluding carboxylic acids is 2. The molecule has 0 radical (unpaired) electrons. The maximum atomic E-state index is 12.7. The van der Waals surface area contributed by atoms with Crippen molar-refractivity contribution in [1.82, 2.24) is 5.32 Å². The Labute approximate surface area is 123 Å². The van der Waals surface area contributed by atoms with Crippen molar-refractivity contribution in [1.29, 1.82) is 0 Å². The highest BCUT2D eigenvalue weighted by Gasteiger charge is 2.38. The molecule has 20 heavy (non-hydrogen) atoms. The summed E-state index contributed by atoms with van der Waals surface area (Å²) in [5.74, 6) is 0.747. The molecule has 0 spiro atoms. The summed E-state index contributed by atoms with van der Waals surface area (Å²) in [5, 5.41) is 2.81. The van der Waals surface area contributed by atoms with E-state index in [0.29, 0.717) is 17.8 Å². The lowest BCUT2D eigenvalue weighted by Crippen LogP contribution is -2.54. The molecule has 0 fully saturated rings. The second-order valence-electron chi connectivity index (χ2n) is 5.40. The van der Waals surface area contributed by atoms with Gasteiger partial charge in [0.25, 0.3) is 11.8 Å². The summed E-state index contributed by atoms with van der Waals surface area (Å²) in [6.45, 7) is 4.14. The molecule has 1 heterocycles. The number of thioether (sulfide) groups is 1. The zero-order valence-electron chi connectivity index (χ0n) is 12.1. The first-order valence-corrected chi connectivity index (χ1v) is 8.09. The molecule has 0 saturated heterocycles. The molecular formula is C15H20N2O2S. The second kappa shape index (κ2) is 5.87. The van der Waals surface area contributed by atoms with E-state index in [4.69, 9.17) is 0 Å². The van der Waals surface area contributed by atoms with E-state index < -0.39 is 5.54 Å². The zero-order chi connectivity index (χ0) is 14.8. The first-order chi connectivity index (χ1) is 9.47. The van der Waals surface area contributed by atoms with Gasteiger partial charge in [0.1, 0.15) is 5.54 Å². The van der Waals surface area contributed by atoms with Crippen LogP contribution in [0, 0.1) is 0 Å². The minimum absolute atomic E-state index is 0.0584. The van der Waals surface area contributed by atoms with Crippen LogP contribution in [0.2, 0.25) is 0 Å². The fourth-order valence-electron chi connectivity index (χ4n) is 2.34. The largest absolute Gasteiger partial charge is 0.338 e. The molecule has 1 aliphatic rings. The average molecular weight is 292 g/mol. The highest BCUT2D eigenvalue weighted by Crippen LogP contribution is 2.27. The quantitative estimate of drug-likeness (QED) is 0.866. The zero-order valence-corrected chi connectivity index (χ0v) is 12.9. The molecule has 1 aromatic rings. The number of para-hydroxylation sites is 1. The van der Waals surface area contributed by atoms with E-state index in [1.54, 1.807) is 36.6 Å². The highest BCUT2D eigenvalue weighted by atomic mass is 32.2. The summed E-state index contributed by atoms with van der Waals surface area (Å²) in [5.41, 5.74) is 0.396. The third kappa shape index (κ3) is 2.82. The molecule has 0 aliphatic carbocycles. The molecule has 1 aromatic carbocycles. The molecule has 0 unspecified atom stereocenters. The van der Waals surface area contributed by atoms with Crippen LogP contribution in [0.1, 0.15) is 30.6 Å². The summed E-state index contributed by atoms with van der Waals surface area (Å²) in [7, 11) is 0. The number of amides is 2. The first kappa shape index (κ1) is 14.9. The van der Waals surface area contributed by atoms with Gasteiger partial charge < -0.3 is 10.2 Å². The van der Waals surface area contributed by atoms with Crippen molar-refractivity contribution in [2.75, 3.05) is 23.5 Å². The summed E-state index contributed by atoms with van der Waals surface area (Å²) < 4.78 is 0. The van der Waals surface area contributed by atoms with Crippen molar-refractivity contribution >= 4 is 29.3 Å². The number of anilines is 1. The van der Waals surface area contributed by atoms with E-state index in [2.05, 4.69) is 5.32 Å². The van der Waals surface area contributed by atoms with Crippen LogP contribution < -0.4 is 10.2 Å². The van der Waals surface area contributed by atoms with Gasteiger partial charge in [-0.05, 0) is 44.4 Å². The molecule has 5 heteroatoms. The number of rotatable bonds is 4. The van der Waals surface area contributed by atoms with Crippen LogP contribution >= 0.6 is 11.8 Å². The van der Waals surface area contributed by atoms with Crippen LogP contribution in [0.15, 0.2) is 24.3 Å². The lowest BCUT2D eigenvalue weighted by molar-refractivity contribution is -0.123. The van der Waals surface area contributed by atoms with E-state index in [0.717, 1.165) is 12.2 Å². The SMILES string of the molecule is CSCCCN1C(=O)C(C)(C)NC(=O)c2ccccc21. The number of nitrogens with one attached hydrogen (secondary N) is 1. The Bertz CT molecular complexity index is 528. The average Bonchev–Trinajstić information content (AvgIpc) is 2.48. The Hall–Kier alpha value is -1.49. The predicted octanol–water partition coefficient (Wildman–Crippen LogP) is 2.29. The number of carbonyl (C=O) groups is 2. The van der Waals surface area contributed by atoms with Gasteiger partial charge >= 0.3 is 0 Å². The third-order valence-corrected chi connectivity index (χ3v) is 4.07. The maximum absolute atomic E-state index is 12.7. The van der Waals surface area contributed by atoms with Crippen molar-refractivity contribution in [2.24, 2.45) is 0 Å². The summed E-state index contributed by atoms with van der Waals surface area (Å²) in [6.07, 6.45) is 2.96. The smallest absolute Gasteiger partial charge is 0.254 e. The minimum atomic E-state index is -0.880. The Kier molecular flexibility index (Phi) is 4.38. The van der Waals surface area contributed by atoms with Gasteiger partial charge in [-0.3, -0.25) is 9.59 Å². The fraction of sp³-hybridized carbons (Fsp3) is 0.467. The highest BCUT2D eigenvalue weighted by molar-refractivity contribution is 7.98. The van der Waals surface area contributed by atoms with Gasteiger partial charge in [0.05, 0.1) is 11.3 Å². The van der Waals surface area contributed by atoms with E-state index in [9.17, 15) is 9.59 Å². The van der Waals surface area contributed by atoms with Crippen LogP contribution in [0.3, 0.4) is 0 Å². The van der Waals surface area contributed by atoms with Crippen LogP contribution in [-0.2, 0) is 4.79 Å². The van der Waals surface area contributed by atoms with E-state index >= 15 is 0 Å². The van der Waals surface area contributed by atoms with Gasteiger partial charge in [-0.15, -0.1) is 0 Å². The third-order valence-electron chi connectivity index (χ3n) is 3.38. The number of benzene rings is 1. The molecule has 0 saturated carbocycles. The van der Waals surface area contributed by atoms with Crippen LogP contribution in [0.4, 0.5) is 5.69 Å². The molecule has 0 atom stereocenters. The Morgan fingerprint density at radius 3 is 2.65 bits per heavy atom. The molecule has 4 nitrogen and oxygen atoms in total. The summed E-state index contributed by atoms with van der Waals surface area (Å²) in [6, 6.07) is 7.29. The van der Waals surface area contributed by atoms with Gasteiger partial charge in [-0.25, -0.2) is 0 Å². The number of nitrogens with zero attached hydrogens (tertiary/aromatic N) is 1. The van der Waals surface area contributed by atoms with Crippen molar-refractivity contribution < 1.29 is 9.59 Å². The number of hydrogen-bond acceptors (Lipinski definition) is 3. The maximum Gasteiger partial charge on any atom is 0.254 e. The standard InChI is InChI=1S/C15H20N2O2S/c1-15(2)14(19)17(9-6-10-20-3)12-8-5-4-7-11(12)13(18)16-15/h4-5,7-8H,6,9-10H2,1-3H3,(H,16,18). The molecule has 1 N–H and O–H groups in total. The van der Waals surface area contributed by atoms with Crippen LogP contribution in [0.5, 0.6) is 0 Å². The van der Waals surface area contributed by atoms with Gasteiger partial charge in [0.15, 0.2) is 0 Å². The van der Waals surface area contributed by atoms with Crippen molar-refractivity contribution in [2.45, 2.75) is 25.8 Å². The first-order valence-electron chi connectivity index (χ1n) is 6.70. The molecular weight excluding hydrogens is 272 g/mol. The lowest BCUT2D eigenvalue weighted by Gasteiger charge is -2.29. The lowest BCUT2D eigenvalue weighted by atomic mass is 10.0. The number of fused-ring (bicyclic) bond motifs is 1. The minimum Gasteiger partial charge on any atom is -0.338 e. The van der Waals surface area contributed by atoms with Crippen LogP contribution in [0.25, 0.3) is 0 Å². The van der Waals surface area contributed by atoms with Gasteiger partial charge in [-0.1, -0.05) is 12.1 Å². The summed E-state index contributed by atoms with van der Waals surface area (Å²) in [4.78, 5) is 26.7. The molecule has 1 aliphatic heterocycles. The number of hydrogen-bond donors (Lipinski definition) is 1. The Balaban J connectivity index is 2.41. The second-order valence-corrected chi connectivity index (χ2v) is 6.39. The molecule has 108 valence electrons. The van der Waals surface area contributed by atoms with Gasteiger partial charge in [-0.2, -0.15) is 11.8 Å². The Morgan fingerprint density at radius 2 is 1.95 bits per heavy atom. The molecule has 2 rings (SSSR count). The predicted molar refractivity (Wildman–Crippen MR) is 83.3 cm³/mol. The van der Waals surface area contributed by atoms with E-state index in [1.807, 2.05) is 24.5 Å². The molecule has 0 aromatic heterocycles.